The molecule has 5 heteroatoms. The first kappa shape index (κ1) is 11.6. The molecular formula is C6H10Si5. The third-order valence-electron chi connectivity index (χ3n) is 1.46. The highest BCUT2D eigenvalue weighted by molar-refractivity contribution is 7.65. The molecule has 0 aromatic carbocycles. The van der Waals surface area contributed by atoms with Crippen molar-refractivity contribution in [3.8, 4) is 0 Å². The maximum Gasteiger partial charge on any atom is 0.0317 e. The van der Waals surface area contributed by atoms with Gasteiger partial charge in [0.15, 0.2) is 0 Å². The van der Waals surface area contributed by atoms with E-state index in [4.69, 9.17) is 0 Å². The van der Waals surface area contributed by atoms with E-state index >= 15 is 0 Å². The second kappa shape index (κ2) is 6.12. The Balaban J connectivity index is 4.17. The molecular weight excluding hydrogens is 212 g/mol. The van der Waals surface area contributed by atoms with E-state index in [9.17, 15) is 0 Å². The Bertz CT molecular complexity index is 117. The Morgan fingerprint density at radius 1 is 1.09 bits per heavy atom. The van der Waals surface area contributed by atoms with Gasteiger partial charge in [-0.25, -0.2) is 0 Å². The van der Waals surface area contributed by atoms with Crippen LogP contribution in [0.5, 0.6) is 0 Å². The van der Waals surface area contributed by atoms with Crippen molar-refractivity contribution >= 4 is 43.7 Å². The SMILES string of the molecule is C=CC[Si](CC=C)([Si][Si])[Si][Si]. The molecule has 54 valence electrons. The number of rotatable bonds is 6. The monoisotopic (exact) mass is 222 g/mol. The van der Waals surface area contributed by atoms with Gasteiger partial charge >= 0.3 is 0 Å². The molecule has 0 aliphatic rings. The predicted octanol–water partition coefficient (Wildman–Crippen LogP) is 0.376. The van der Waals surface area contributed by atoms with Crippen LogP contribution in [0, 0.1) is 0 Å². The van der Waals surface area contributed by atoms with E-state index in [2.05, 4.69) is 32.7 Å². The second-order valence-corrected chi connectivity index (χ2v) is 19.0. The molecule has 0 unspecified atom stereocenters. The highest BCUT2D eigenvalue weighted by atomic mass is 29.9. The first-order chi connectivity index (χ1) is 5.24. The van der Waals surface area contributed by atoms with Crippen molar-refractivity contribution in [2.75, 3.05) is 0 Å². The minimum atomic E-state index is -1.10. The molecule has 10 radical (unpaired) electrons. The Hall–Kier alpha value is 0.564. The smallest absolute Gasteiger partial charge is 0.0317 e. The summed E-state index contributed by atoms with van der Waals surface area (Å²) in [5.74, 6) is 0. The summed E-state index contributed by atoms with van der Waals surface area (Å²) >= 11 is 0. The van der Waals surface area contributed by atoms with Crippen LogP contribution in [0.3, 0.4) is 0 Å². The molecule has 0 nitrogen and oxygen atoms in total. The largest absolute Gasteiger partial charge is 0.103 e. The van der Waals surface area contributed by atoms with Crippen molar-refractivity contribution in [2.24, 2.45) is 0 Å². The fourth-order valence-corrected chi connectivity index (χ4v) is 16.6. The summed E-state index contributed by atoms with van der Waals surface area (Å²) in [7, 11) is 8.01. The molecule has 0 fully saturated rings. The summed E-state index contributed by atoms with van der Waals surface area (Å²) < 4.78 is 0. The Labute approximate surface area is 81.2 Å². The van der Waals surface area contributed by atoms with Gasteiger partial charge in [-0.3, -0.25) is 0 Å². The molecule has 0 aromatic rings. The minimum absolute atomic E-state index is 0.899. The summed E-state index contributed by atoms with van der Waals surface area (Å²) in [6.07, 6.45) is 4.08. The zero-order valence-electron chi connectivity index (χ0n) is 6.48. The predicted molar refractivity (Wildman–Crippen MR) is 58.8 cm³/mol. The average Bonchev–Trinajstić information content (AvgIpc) is 2.04. The number of allylic oxidation sites excluding steroid dienone is 2. The van der Waals surface area contributed by atoms with Crippen molar-refractivity contribution in [1.29, 1.82) is 0 Å². The Morgan fingerprint density at radius 3 is 1.64 bits per heavy atom. The van der Waals surface area contributed by atoms with E-state index in [1.807, 2.05) is 12.2 Å². The van der Waals surface area contributed by atoms with E-state index in [0.29, 0.717) is 0 Å². The molecule has 0 amide bonds. The fourth-order valence-electron chi connectivity index (χ4n) is 0.812. The molecule has 0 spiro atoms. The van der Waals surface area contributed by atoms with Gasteiger partial charge in [-0.1, -0.05) is 12.2 Å². The van der Waals surface area contributed by atoms with Gasteiger partial charge in [-0.05, 0) is 12.1 Å². The van der Waals surface area contributed by atoms with Crippen LogP contribution in [0.25, 0.3) is 0 Å². The van der Waals surface area contributed by atoms with Gasteiger partial charge < -0.3 is 0 Å². The summed E-state index contributed by atoms with van der Waals surface area (Å²) in [4.78, 5) is 0. The van der Waals surface area contributed by atoms with Crippen molar-refractivity contribution in [1.82, 2.24) is 0 Å². The summed E-state index contributed by atoms with van der Waals surface area (Å²) in [6, 6.07) is 2.37. The van der Waals surface area contributed by atoms with Gasteiger partial charge in [0, 0.05) is 43.7 Å². The van der Waals surface area contributed by atoms with Crippen molar-refractivity contribution in [3.05, 3.63) is 25.3 Å². The van der Waals surface area contributed by atoms with Gasteiger partial charge in [0.1, 0.15) is 0 Å². The molecule has 0 rings (SSSR count). The van der Waals surface area contributed by atoms with Crippen LogP contribution in [0.4, 0.5) is 0 Å². The zero-order valence-corrected chi connectivity index (χ0v) is 11.5. The van der Waals surface area contributed by atoms with E-state index in [1.165, 1.54) is 12.1 Å². The van der Waals surface area contributed by atoms with Crippen LogP contribution >= 0.6 is 0 Å². The van der Waals surface area contributed by atoms with Crippen molar-refractivity contribution < 1.29 is 0 Å². The van der Waals surface area contributed by atoms with Crippen LogP contribution in [0.15, 0.2) is 25.3 Å². The second-order valence-electron chi connectivity index (χ2n) is 2.32. The lowest BCUT2D eigenvalue weighted by atomic mass is 10.7. The van der Waals surface area contributed by atoms with Crippen molar-refractivity contribution in [2.45, 2.75) is 12.1 Å². The van der Waals surface area contributed by atoms with Crippen LogP contribution in [0.1, 0.15) is 0 Å². The minimum Gasteiger partial charge on any atom is -0.103 e. The normalized spacial score (nSPS) is 11.1. The van der Waals surface area contributed by atoms with Gasteiger partial charge in [0.2, 0.25) is 0 Å². The molecule has 0 saturated heterocycles. The summed E-state index contributed by atoms with van der Waals surface area (Å²) in [6.45, 7) is 7.58. The standard InChI is InChI=1S/C6H10Si5/c1-3-5-11(9-7,10-8)6-4-2/h3-4H,1-2,5-6H2. The third kappa shape index (κ3) is 3.65. The van der Waals surface area contributed by atoms with Gasteiger partial charge in [-0.15, -0.1) is 13.2 Å². The molecule has 0 aliphatic carbocycles. The third-order valence-corrected chi connectivity index (χ3v) is 25.1. The van der Waals surface area contributed by atoms with E-state index < -0.39 is 7.11 Å². The van der Waals surface area contributed by atoms with E-state index in [-0.39, 0.29) is 0 Å². The highest BCUT2D eigenvalue weighted by Gasteiger charge is 2.25. The molecule has 11 heavy (non-hydrogen) atoms. The quantitative estimate of drug-likeness (QED) is 0.450. The van der Waals surface area contributed by atoms with Crippen LogP contribution in [-0.4, -0.2) is 43.7 Å². The topological polar surface area (TPSA) is 0 Å². The zero-order chi connectivity index (χ0) is 8.74. The van der Waals surface area contributed by atoms with Gasteiger partial charge in [-0.2, -0.15) is 0 Å². The maximum atomic E-state index is 3.79. The molecule has 0 saturated carbocycles. The lowest BCUT2D eigenvalue weighted by molar-refractivity contribution is 1.56. The van der Waals surface area contributed by atoms with Gasteiger partial charge in [0.25, 0.3) is 0 Å². The molecule has 0 aromatic heterocycles. The molecule has 0 N–H and O–H groups in total. The molecule has 0 atom stereocenters. The van der Waals surface area contributed by atoms with Gasteiger partial charge in [0.05, 0.1) is 0 Å². The van der Waals surface area contributed by atoms with Crippen LogP contribution in [0.2, 0.25) is 12.1 Å². The highest BCUT2D eigenvalue weighted by Crippen LogP contribution is 2.11. The van der Waals surface area contributed by atoms with Crippen molar-refractivity contribution in [3.63, 3.8) is 0 Å². The van der Waals surface area contributed by atoms with Crippen LogP contribution < -0.4 is 0 Å². The Kier molecular flexibility index (Phi) is 6.44. The summed E-state index contributed by atoms with van der Waals surface area (Å²) in [5, 5.41) is 0. The lowest BCUT2D eigenvalue weighted by Crippen LogP contribution is -2.48. The molecule has 0 heterocycles. The first-order valence-electron chi connectivity index (χ1n) is 3.34. The number of hydrogen-bond donors (Lipinski definition) is 0. The van der Waals surface area contributed by atoms with E-state index in [1.54, 1.807) is 0 Å². The number of hydrogen-bond acceptors (Lipinski definition) is 0. The lowest BCUT2D eigenvalue weighted by Gasteiger charge is -2.25. The fraction of sp³-hybridized carbons (Fsp3) is 0.333. The van der Waals surface area contributed by atoms with E-state index in [0.717, 1.165) is 17.1 Å². The Morgan fingerprint density at radius 2 is 1.45 bits per heavy atom. The average molecular weight is 223 g/mol. The van der Waals surface area contributed by atoms with Crippen LogP contribution in [-0.2, 0) is 0 Å². The first-order valence-corrected chi connectivity index (χ1v) is 12.8. The molecule has 0 bridgehead atoms. The molecule has 0 aliphatic heterocycles. The maximum absolute atomic E-state index is 3.79. The summed E-state index contributed by atoms with van der Waals surface area (Å²) in [5.41, 5.74) is 0.